The van der Waals surface area contributed by atoms with Gasteiger partial charge in [-0.25, -0.2) is 4.98 Å². The number of thiazole rings is 1. The highest BCUT2D eigenvalue weighted by Gasteiger charge is 2.10. The van der Waals surface area contributed by atoms with E-state index in [4.69, 9.17) is 10.3 Å². The highest BCUT2D eigenvalue weighted by atomic mass is 32.1. The Kier molecular flexibility index (Phi) is 3.15. The largest absolute Gasteiger partial charge is 0.497 e. The number of benzene rings is 2. The molecule has 0 spiro atoms. The van der Waals surface area contributed by atoms with E-state index in [0.29, 0.717) is 5.69 Å². The van der Waals surface area contributed by atoms with Crippen molar-refractivity contribution in [2.24, 2.45) is 5.11 Å². The minimum atomic E-state index is 0.592. The van der Waals surface area contributed by atoms with Gasteiger partial charge in [0.05, 0.1) is 23.0 Å². The van der Waals surface area contributed by atoms with Crippen LogP contribution in [-0.4, -0.2) is 16.5 Å². The average molecular weight is 321 g/mol. The van der Waals surface area contributed by atoms with Gasteiger partial charge in [0.15, 0.2) is 4.96 Å². The first-order valence-electron chi connectivity index (χ1n) is 6.89. The molecule has 7 heteroatoms. The summed E-state index contributed by atoms with van der Waals surface area (Å²) in [4.78, 5) is 8.40. The number of ether oxygens (including phenoxy) is 1. The first-order valence-corrected chi connectivity index (χ1v) is 7.71. The number of methoxy groups -OCH3 is 1. The lowest BCUT2D eigenvalue weighted by atomic mass is 10.1. The fraction of sp³-hybridized carbons (Fsp3) is 0.0625. The molecule has 0 amide bonds. The van der Waals surface area contributed by atoms with Crippen molar-refractivity contribution in [2.75, 3.05) is 7.11 Å². The molecule has 0 aliphatic carbocycles. The molecule has 6 nitrogen and oxygen atoms in total. The molecule has 0 saturated carbocycles. The normalized spacial score (nSPS) is 10.8. The zero-order valence-corrected chi connectivity index (χ0v) is 13.0. The molecule has 2 heterocycles. The van der Waals surface area contributed by atoms with Gasteiger partial charge in [0.1, 0.15) is 5.75 Å². The number of aromatic nitrogens is 2. The summed E-state index contributed by atoms with van der Waals surface area (Å²) < 4.78 is 8.48. The van der Waals surface area contributed by atoms with Crippen LogP contribution in [0.4, 0.5) is 5.69 Å². The van der Waals surface area contributed by atoms with Gasteiger partial charge in [0, 0.05) is 22.4 Å². The van der Waals surface area contributed by atoms with Crippen molar-refractivity contribution in [3.8, 4) is 17.0 Å². The van der Waals surface area contributed by atoms with Gasteiger partial charge in [-0.05, 0) is 23.7 Å². The Morgan fingerprint density at radius 1 is 1.22 bits per heavy atom. The van der Waals surface area contributed by atoms with E-state index in [0.717, 1.165) is 32.2 Å². The van der Waals surface area contributed by atoms with Crippen molar-refractivity contribution in [1.82, 2.24) is 9.38 Å². The Bertz CT molecular complexity index is 1060. The molecule has 0 unspecified atom stereocenters. The molecule has 0 aliphatic rings. The summed E-state index contributed by atoms with van der Waals surface area (Å²) in [5.74, 6) is 0.843. The van der Waals surface area contributed by atoms with Crippen LogP contribution in [-0.2, 0) is 0 Å². The van der Waals surface area contributed by atoms with Gasteiger partial charge in [-0.3, -0.25) is 4.40 Å². The molecule has 23 heavy (non-hydrogen) atoms. The molecule has 2 aromatic heterocycles. The Balaban J connectivity index is 1.81. The maximum absolute atomic E-state index is 8.45. The number of imidazole rings is 1. The zero-order chi connectivity index (χ0) is 15.8. The monoisotopic (exact) mass is 321 g/mol. The Labute approximate surface area is 135 Å². The van der Waals surface area contributed by atoms with Gasteiger partial charge >= 0.3 is 0 Å². The molecule has 0 N–H and O–H groups in total. The highest BCUT2D eigenvalue weighted by molar-refractivity contribution is 7.23. The molecule has 0 saturated heterocycles. The van der Waals surface area contributed by atoms with Crippen LogP contribution < -0.4 is 4.74 Å². The third-order valence-corrected chi connectivity index (χ3v) is 4.64. The second-order valence-corrected chi connectivity index (χ2v) is 5.96. The van der Waals surface area contributed by atoms with E-state index in [-0.39, 0.29) is 0 Å². The number of hydrogen-bond acceptors (Lipinski definition) is 4. The SMILES string of the molecule is COc1ccc2c(c1)sc1nc(-c3ccc(N=[N+]=[N-])cc3)cn12. The molecule has 2 aromatic carbocycles. The third kappa shape index (κ3) is 2.28. The summed E-state index contributed by atoms with van der Waals surface area (Å²) in [7, 11) is 1.66. The molecular formula is C16H11N5OS. The van der Waals surface area contributed by atoms with E-state index in [2.05, 4.69) is 19.4 Å². The van der Waals surface area contributed by atoms with Crippen LogP contribution in [0.15, 0.2) is 53.8 Å². The van der Waals surface area contributed by atoms with Crippen LogP contribution in [0.2, 0.25) is 0 Å². The summed E-state index contributed by atoms with van der Waals surface area (Å²) in [6.07, 6.45) is 2.02. The first kappa shape index (κ1) is 13.6. The molecule has 0 atom stereocenters. The van der Waals surface area contributed by atoms with Crippen molar-refractivity contribution in [3.05, 3.63) is 59.1 Å². The Hall–Kier alpha value is -3.02. The van der Waals surface area contributed by atoms with Gasteiger partial charge in [0.2, 0.25) is 0 Å². The highest BCUT2D eigenvalue weighted by Crippen LogP contribution is 2.32. The fourth-order valence-electron chi connectivity index (χ4n) is 2.50. The third-order valence-electron chi connectivity index (χ3n) is 3.62. The summed E-state index contributed by atoms with van der Waals surface area (Å²) >= 11 is 1.62. The van der Waals surface area contributed by atoms with E-state index in [1.807, 2.05) is 36.5 Å². The summed E-state index contributed by atoms with van der Waals surface area (Å²) in [5.41, 5.74) is 12.0. The van der Waals surface area contributed by atoms with Crippen molar-refractivity contribution < 1.29 is 4.74 Å². The van der Waals surface area contributed by atoms with Crippen molar-refractivity contribution >= 4 is 32.2 Å². The molecule has 0 aliphatic heterocycles. The standard InChI is InChI=1S/C16H11N5OS/c1-22-12-6-7-14-15(8-12)23-16-18-13(9-21(14)16)10-2-4-11(5-3-10)19-20-17/h2-9H,1H3. The molecule has 4 aromatic rings. The van der Waals surface area contributed by atoms with Gasteiger partial charge in [-0.1, -0.05) is 40.7 Å². The van der Waals surface area contributed by atoms with E-state index in [9.17, 15) is 0 Å². The van der Waals surface area contributed by atoms with Crippen LogP contribution in [0.25, 0.3) is 36.9 Å². The van der Waals surface area contributed by atoms with E-state index in [1.165, 1.54) is 0 Å². The number of azide groups is 1. The second-order valence-electron chi connectivity index (χ2n) is 4.95. The fourth-order valence-corrected chi connectivity index (χ4v) is 3.53. The van der Waals surface area contributed by atoms with Crippen molar-refractivity contribution in [3.63, 3.8) is 0 Å². The van der Waals surface area contributed by atoms with Crippen molar-refractivity contribution in [1.29, 1.82) is 0 Å². The average Bonchev–Trinajstić information content (AvgIpc) is 3.13. The number of nitrogens with zero attached hydrogens (tertiary/aromatic N) is 5. The van der Waals surface area contributed by atoms with E-state index in [1.54, 1.807) is 30.6 Å². The van der Waals surface area contributed by atoms with Gasteiger partial charge in [-0.2, -0.15) is 0 Å². The quantitative estimate of drug-likeness (QED) is 0.297. The van der Waals surface area contributed by atoms with Crippen molar-refractivity contribution in [2.45, 2.75) is 0 Å². The van der Waals surface area contributed by atoms with Gasteiger partial charge in [-0.15, -0.1) is 0 Å². The maximum Gasteiger partial charge on any atom is 0.195 e. The molecule has 0 fully saturated rings. The van der Waals surface area contributed by atoms with Crippen LogP contribution in [0.3, 0.4) is 0 Å². The smallest absolute Gasteiger partial charge is 0.195 e. The van der Waals surface area contributed by atoms with Gasteiger partial charge in [0.25, 0.3) is 0 Å². The lowest BCUT2D eigenvalue weighted by Gasteiger charge is -1.99. The molecule has 0 bridgehead atoms. The topological polar surface area (TPSA) is 75.3 Å². The van der Waals surface area contributed by atoms with E-state index < -0.39 is 0 Å². The maximum atomic E-state index is 8.45. The molecule has 0 radical (unpaired) electrons. The van der Waals surface area contributed by atoms with Crippen LogP contribution >= 0.6 is 11.3 Å². The molecular weight excluding hydrogens is 310 g/mol. The summed E-state index contributed by atoms with van der Waals surface area (Å²) in [5, 5.41) is 3.58. The number of rotatable bonds is 3. The minimum Gasteiger partial charge on any atom is -0.497 e. The zero-order valence-electron chi connectivity index (χ0n) is 12.2. The second kappa shape index (κ2) is 5.31. The summed E-state index contributed by atoms with van der Waals surface area (Å²) in [6.45, 7) is 0. The predicted molar refractivity (Wildman–Crippen MR) is 91.4 cm³/mol. The van der Waals surface area contributed by atoms with Crippen LogP contribution in [0, 0.1) is 0 Å². The Morgan fingerprint density at radius 2 is 2.04 bits per heavy atom. The summed E-state index contributed by atoms with van der Waals surface area (Å²) in [6, 6.07) is 13.4. The lowest BCUT2D eigenvalue weighted by Crippen LogP contribution is -1.82. The molecule has 112 valence electrons. The van der Waals surface area contributed by atoms with E-state index >= 15 is 0 Å². The van der Waals surface area contributed by atoms with Gasteiger partial charge < -0.3 is 4.74 Å². The first-order chi connectivity index (χ1) is 11.3. The van der Waals surface area contributed by atoms with Crippen LogP contribution in [0.5, 0.6) is 5.75 Å². The predicted octanol–water partition coefficient (Wildman–Crippen LogP) is 5.17. The lowest BCUT2D eigenvalue weighted by molar-refractivity contribution is 0.415. The van der Waals surface area contributed by atoms with Crippen LogP contribution in [0.1, 0.15) is 0 Å². The number of fused-ring (bicyclic) bond motifs is 3. The Morgan fingerprint density at radius 3 is 2.78 bits per heavy atom. The minimum absolute atomic E-state index is 0.592. The molecule has 4 rings (SSSR count). The number of hydrogen-bond donors (Lipinski definition) is 0.